The summed E-state index contributed by atoms with van der Waals surface area (Å²) in [5.74, 6) is -0.296. The normalized spacial score (nSPS) is 42.2. The van der Waals surface area contributed by atoms with Crippen molar-refractivity contribution in [2.24, 2.45) is 10.9 Å². The minimum atomic E-state index is -0.487. The Morgan fingerprint density at radius 2 is 2.38 bits per heavy atom. The molecular weight excluding hydrogens is 212 g/mol. The molecule has 1 amide bonds. The standard InChI is InChI=1S/C10H14N2O4/c1-5-3-12-8-2-6(13)7(16-8)4-15-10(12)11-9(5)14/h5-8,13H,2-4H2,1H3/t5?,6?,7-,8-/m1/s1. The van der Waals surface area contributed by atoms with Crippen molar-refractivity contribution in [2.75, 3.05) is 13.2 Å². The van der Waals surface area contributed by atoms with Crippen molar-refractivity contribution in [1.29, 1.82) is 0 Å². The molecule has 3 heterocycles. The van der Waals surface area contributed by atoms with Crippen LogP contribution in [0.25, 0.3) is 0 Å². The quantitative estimate of drug-likeness (QED) is 0.593. The van der Waals surface area contributed by atoms with E-state index in [9.17, 15) is 9.90 Å². The third-order valence-electron chi connectivity index (χ3n) is 3.27. The Hall–Kier alpha value is -1.14. The van der Waals surface area contributed by atoms with Crippen molar-refractivity contribution in [3.8, 4) is 0 Å². The van der Waals surface area contributed by atoms with E-state index in [0.717, 1.165) is 0 Å². The van der Waals surface area contributed by atoms with Gasteiger partial charge in [0.15, 0.2) is 0 Å². The van der Waals surface area contributed by atoms with E-state index in [1.165, 1.54) is 0 Å². The lowest BCUT2D eigenvalue weighted by atomic mass is 10.1. The van der Waals surface area contributed by atoms with Crippen LogP contribution in [0.2, 0.25) is 0 Å². The number of fused-ring (bicyclic) bond motifs is 4. The molecule has 0 radical (unpaired) electrons. The number of rotatable bonds is 0. The summed E-state index contributed by atoms with van der Waals surface area (Å²) in [6.07, 6.45) is -0.450. The summed E-state index contributed by atoms with van der Waals surface area (Å²) in [6.45, 7) is 2.63. The van der Waals surface area contributed by atoms with Crippen LogP contribution >= 0.6 is 0 Å². The third-order valence-corrected chi connectivity index (χ3v) is 3.27. The van der Waals surface area contributed by atoms with Crippen LogP contribution in [-0.2, 0) is 14.3 Å². The minimum absolute atomic E-state index is 0.148. The molecule has 16 heavy (non-hydrogen) atoms. The van der Waals surface area contributed by atoms with Crippen LogP contribution < -0.4 is 0 Å². The second-order valence-electron chi connectivity index (χ2n) is 4.53. The van der Waals surface area contributed by atoms with E-state index >= 15 is 0 Å². The molecular formula is C10H14N2O4. The van der Waals surface area contributed by atoms with Crippen molar-refractivity contribution in [3.63, 3.8) is 0 Å². The number of carbonyl (C=O) groups excluding carboxylic acids is 1. The fourth-order valence-electron chi connectivity index (χ4n) is 2.29. The molecule has 0 saturated carbocycles. The summed E-state index contributed by atoms with van der Waals surface area (Å²) in [7, 11) is 0. The number of aliphatic hydroxyl groups is 1. The van der Waals surface area contributed by atoms with Crippen LogP contribution in [0.5, 0.6) is 0 Å². The van der Waals surface area contributed by atoms with Gasteiger partial charge in [-0.05, 0) is 0 Å². The fourth-order valence-corrected chi connectivity index (χ4v) is 2.29. The first-order chi connectivity index (χ1) is 7.65. The highest BCUT2D eigenvalue weighted by Crippen LogP contribution is 2.29. The summed E-state index contributed by atoms with van der Waals surface area (Å²) < 4.78 is 11.0. The Labute approximate surface area is 92.8 Å². The molecule has 6 heteroatoms. The van der Waals surface area contributed by atoms with Crippen molar-refractivity contribution < 1.29 is 19.4 Å². The second kappa shape index (κ2) is 3.43. The molecule has 4 atom stereocenters. The number of aliphatic hydroxyl groups excluding tert-OH is 1. The van der Waals surface area contributed by atoms with Gasteiger partial charge in [-0.3, -0.25) is 9.69 Å². The molecule has 0 spiro atoms. The van der Waals surface area contributed by atoms with Gasteiger partial charge in [0.05, 0.1) is 12.0 Å². The zero-order valence-corrected chi connectivity index (χ0v) is 9.00. The molecule has 3 aliphatic heterocycles. The predicted molar refractivity (Wildman–Crippen MR) is 53.5 cm³/mol. The third kappa shape index (κ3) is 1.41. The highest BCUT2D eigenvalue weighted by molar-refractivity contribution is 5.94. The van der Waals surface area contributed by atoms with Gasteiger partial charge in [0, 0.05) is 13.0 Å². The number of carbonyl (C=O) groups is 1. The largest absolute Gasteiger partial charge is 0.462 e. The maximum absolute atomic E-state index is 11.4. The van der Waals surface area contributed by atoms with E-state index in [1.54, 1.807) is 0 Å². The first-order valence-electron chi connectivity index (χ1n) is 5.50. The molecule has 0 aliphatic carbocycles. The van der Waals surface area contributed by atoms with Gasteiger partial charge in [0.2, 0.25) is 0 Å². The Morgan fingerprint density at radius 1 is 1.56 bits per heavy atom. The smallest absolute Gasteiger partial charge is 0.297 e. The number of hydrogen-bond donors (Lipinski definition) is 1. The Morgan fingerprint density at radius 3 is 3.19 bits per heavy atom. The van der Waals surface area contributed by atoms with Gasteiger partial charge >= 0.3 is 0 Å². The molecule has 2 fully saturated rings. The van der Waals surface area contributed by atoms with E-state index in [1.807, 2.05) is 11.8 Å². The van der Waals surface area contributed by atoms with Crippen molar-refractivity contribution in [3.05, 3.63) is 0 Å². The van der Waals surface area contributed by atoms with Crippen LogP contribution in [0.1, 0.15) is 13.3 Å². The van der Waals surface area contributed by atoms with Gasteiger partial charge in [0.25, 0.3) is 11.9 Å². The lowest BCUT2D eigenvalue weighted by molar-refractivity contribution is -0.123. The highest BCUT2D eigenvalue weighted by atomic mass is 16.6. The lowest BCUT2D eigenvalue weighted by Gasteiger charge is -2.33. The number of aliphatic imine (C=N–C) groups is 1. The van der Waals surface area contributed by atoms with Crippen LogP contribution in [0.4, 0.5) is 0 Å². The summed E-state index contributed by atoms with van der Waals surface area (Å²) in [4.78, 5) is 17.2. The van der Waals surface area contributed by atoms with E-state index in [2.05, 4.69) is 4.99 Å². The van der Waals surface area contributed by atoms with Gasteiger partial charge < -0.3 is 14.6 Å². The maximum atomic E-state index is 11.4. The van der Waals surface area contributed by atoms with Gasteiger partial charge in [0.1, 0.15) is 18.9 Å². The van der Waals surface area contributed by atoms with E-state index in [4.69, 9.17) is 9.47 Å². The van der Waals surface area contributed by atoms with Crippen LogP contribution in [0.15, 0.2) is 4.99 Å². The molecule has 1 N–H and O–H groups in total. The first-order valence-corrected chi connectivity index (χ1v) is 5.50. The zero-order valence-electron chi connectivity index (χ0n) is 9.00. The Bertz CT molecular complexity index is 357. The van der Waals surface area contributed by atoms with Gasteiger partial charge in [-0.15, -0.1) is 0 Å². The number of amides is 1. The van der Waals surface area contributed by atoms with Gasteiger partial charge in [-0.1, -0.05) is 6.92 Å². The van der Waals surface area contributed by atoms with Crippen molar-refractivity contribution >= 4 is 11.9 Å². The van der Waals surface area contributed by atoms with E-state index in [-0.39, 0.29) is 30.8 Å². The average molecular weight is 226 g/mol. The molecule has 2 bridgehead atoms. The lowest BCUT2D eigenvalue weighted by Crippen LogP contribution is -2.48. The summed E-state index contributed by atoms with van der Waals surface area (Å²) in [6, 6.07) is 0.350. The predicted octanol–water partition coefficient (Wildman–Crippen LogP) is -0.673. The summed E-state index contributed by atoms with van der Waals surface area (Å²) in [5, 5.41) is 9.69. The van der Waals surface area contributed by atoms with Crippen LogP contribution in [0, 0.1) is 5.92 Å². The van der Waals surface area contributed by atoms with Crippen molar-refractivity contribution in [2.45, 2.75) is 31.8 Å². The van der Waals surface area contributed by atoms with Crippen LogP contribution in [0.3, 0.4) is 0 Å². The Balaban J connectivity index is 1.90. The monoisotopic (exact) mass is 226 g/mol. The first kappa shape index (κ1) is 10.0. The van der Waals surface area contributed by atoms with Gasteiger partial charge in [-0.25, -0.2) is 0 Å². The molecule has 88 valence electrons. The minimum Gasteiger partial charge on any atom is -0.462 e. The molecule has 0 aromatic rings. The number of ether oxygens (including phenoxy) is 2. The van der Waals surface area contributed by atoms with Gasteiger partial charge in [-0.2, -0.15) is 4.99 Å². The molecule has 0 aromatic carbocycles. The maximum Gasteiger partial charge on any atom is 0.297 e. The molecule has 3 rings (SSSR count). The molecule has 2 saturated heterocycles. The topological polar surface area (TPSA) is 71.4 Å². The van der Waals surface area contributed by atoms with E-state index < -0.39 is 6.10 Å². The molecule has 0 aromatic heterocycles. The molecule has 2 unspecified atom stereocenters. The highest BCUT2D eigenvalue weighted by Gasteiger charge is 2.44. The average Bonchev–Trinajstić information content (AvgIpc) is 2.51. The van der Waals surface area contributed by atoms with Crippen LogP contribution in [-0.4, -0.2) is 53.5 Å². The summed E-state index contributed by atoms with van der Waals surface area (Å²) >= 11 is 0. The molecule has 6 nitrogen and oxygen atoms in total. The number of nitrogens with zero attached hydrogens (tertiary/aromatic N) is 2. The molecule has 3 aliphatic rings. The number of amidine groups is 1. The SMILES string of the molecule is CC1CN2C(=NC1=O)OC[C@H]1O[C@@H]2CC1O. The fraction of sp³-hybridized carbons (Fsp3) is 0.800. The Kier molecular flexibility index (Phi) is 2.15. The second-order valence-corrected chi connectivity index (χ2v) is 4.53. The van der Waals surface area contributed by atoms with E-state index in [0.29, 0.717) is 19.0 Å². The zero-order chi connectivity index (χ0) is 11.3. The number of hydrogen-bond acceptors (Lipinski definition) is 5. The van der Waals surface area contributed by atoms with Crippen molar-refractivity contribution in [1.82, 2.24) is 4.90 Å². The summed E-state index contributed by atoms with van der Waals surface area (Å²) in [5.41, 5.74) is 0.